The van der Waals surface area contributed by atoms with Crippen molar-refractivity contribution in [2.24, 2.45) is 5.10 Å². The summed E-state index contributed by atoms with van der Waals surface area (Å²) in [7, 11) is 0. The molecule has 0 fully saturated rings. The fourth-order valence-corrected chi connectivity index (χ4v) is 4.12. The average Bonchev–Trinajstić information content (AvgIpc) is 2.83. The molecule has 1 N–H and O–H groups in total. The van der Waals surface area contributed by atoms with Crippen LogP contribution in [0.4, 0.5) is 0 Å². The lowest BCUT2D eigenvalue weighted by Crippen LogP contribution is -2.24. The largest absolute Gasteiger partial charge is 0.489 e. The van der Waals surface area contributed by atoms with Gasteiger partial charge >= 0.3 is 0 Å². The second kappa shape index (κ2) is 11.1. The summed E-state index contributed by atoms with van der Waals surface area (Å²) in [6, 6.07) is 27.2. The third kappa shape index (κ3) is 6.43. The number of halogens is 2. The first-order valence-corrected chi connectivity index (χ1v) is 11.8. The van der Waals surface area contributed by atoms with Crippen molar-refractivity contribution < 1.29 is 14.3 Å². The van der Waals surface area contributed by atoms with Crippen LogP contribution < -0.4 is 14.9 Å². The van der Waals surface area contributed by atoms with E-state index in [9.17, 15) is 4.79 Å². The van der Waals surface area contributed by atoms with E-state index < -0.39 is 0 Å². The Morgan fingerprint density at radius 3 is 2.61 bits per heavy atom. The van der Waals surface area contributed by atoms with Crippen LogP contribution in [-0.2, 0) is 11.4 Å². The van der Waals surface area contributed by atoms with Crippen LogP contribution >= 0.6 is 31.9 Å². The van der Waals surface area contributed by atoms with E-state index in [1.807, 2.05) is 84.9 Å². The Labute approximate surface area is 208 Å². The first-order valence-electron chi connectivity index (χ1n) is 10.2. The number of carbonyl (C=O) groups excluding carboxylic acids is 1. The maximum Gasteiger partial charge on any atom is 0.277 e. The van der Waals surface area contributed by atoms with Crippen molar-refractivity contribution in [3.63, 3.8) is 0 Å². The van der Waals surface area contributed by atoms with Gasteiger partial charge in [-0.2, -0.15) is 5.10 Å². The van der Waals surface area contributed by atoms with E-state index in [4.69, 9.17) is 9.47 Å². The lowest BCUT2D eigenvalue weighted by Gasteiger charge is -2.10. The summed E-state index contributed by atoms with van der Waals surface area (Å²) in [5.74, 6) is 0.961. The first-order chi connectivity index (χ1) is 16.1. The number of nitrogens with one attached hydrogen (secondary N) is 1. The van der Waals surface area contributed by atoms with Crippen LogP contribution in [0.3, 0.4) is 0 Å². The van der Waals surface area contributed by atoms with Crippen molar-refractivity contribution in [3.8, 4) is 11.5 Å². The van der Waals surface area contributed by atoms with E-state index >= 15 is 0 Å². The van der Waals surface area contributed by atoms with Crippen molar-refractivity contribution in [1.29, 1.82) is 0 Å². The molecule has 0 aliphatic rings. The Kier molecular flexibility index (Phi) is 7.75. The highest BCUT2D eigenvalue weighted by molar-refractivity contribution is 9.11. The molecular weight excluding hydrogens is 548 g/mol. The topological polar surface area (TPSA) is 59.9 Å². The Hall–Kier alpha value is -3.16. The van der Waals surface area contributed by atoms with Crippen molar-refractivity contribution in [2.45, 2.75) is 6.61 Å². The second-order valence-corrected chi connectivity index (χ2v) is 8.88. The first kappa shape index (κ1) is 23.0. The maximum absolute atomic E-state index is 12.2. The number of nitrogens with zero attached hydrogens (tertiary/aromatic N) is 1. The van der Waals surface area contributed by atoms with Gasteiger partial charge < -0.3 is 9.47 Å². The molecule has 1 amide bonds. The molecule has 4 aromatic rings. The minimum atomic E-state index is -0.356. The van der Waals surface area contributed by atoms with E-state index in [-0.39, 0.29) is 12.5 Å². The van der Waals surface area contributed by atoms with Crippen LogP contribution in [0.15, 0.2) is 99.0 Å². The third-order valence-corrected chi connectivity index (χ3v) is 6.06. The van der Waals surface area contributed by atoms with E-state index in [2.05, 4.69) is 42.4 Å². The number of amides is 1. The molecule has 5 nitrogen and oxygen atoms in total. The number of ether oxygens (including phenoxy) is 2. The molecule has 0 radical (unpaired) electrons. The molecule has 0 aliphatic heterocycles. The Bertz CT molecular complexity index is 1290. The highest BCUT2D eigenvalue weighted by Gasteiger charge is 2.09. The molecule has 0 spiro atoms. The minimum Gasteiger partial charge on any atom is -0.489 e. The minimum absolute atomic E-state index is 0.155. The van der Waals surface area contributed by atoms with Crippen molar-refractivity contribution in [3.05, 3.63) is 105 Å². The van der Waals surface area contributed by atoms with Crippen LogP contribution in [0.25, 0.3) is 10.8 Å². The quantitative estimate of drug-likeness (QED) is 0.196. The molecular formula is C26H20Br2N2O3. The Morgan fingerprint density at radius 1 is 0.909 bits per heavy atom. The predicted molar refractivity (Wildman–Crippen MR) is 138 cm³/mol. The fraction of sp³-hybridized carbons (Fsp3) is 0.0769. The summed E-state index contributed by atoms with van der Waals surface area (Å²) >= 11 is 7.03. The molecule has 7 heteroatoms. The van der Waals surface area contributed by atoms with Crippen molar-refractivity contribution in [1.82, 2.24) is 5.43 Å². The van der Waals surface area contributed by atoms with Gasteiger partial charge in [-0.25, -0.2) is 5.43 Å². The van der Waals surface area contributed by atoms with E-state index in [0.717, 1.165) is 36.6 Å². The smallest absolute Gasteiger partial charge is 0.277 e. The van der Waals surface area contributed by atoms with Gasteiger partial charge in [0.05, 0.1) is 10.7 Å². The molecule has 0 aliphatic carbocycles. The monoisotopic (exact) mass is 566 g/mol. The van der Waals surface area contributed by atoms with Crippen LogP contribution in [-0.4, -0.2) is 18.7 Å². The molecule has 0 heterocycles. The molecule has 0 unspecified atom stereocenters. The van der Waals surface area contributed by atoms with Gasteiger partial charge in [-0.1, -0.05) is 70.5 Å². The average molecular weight is 568 g/mol. The molecule has 0 saturated heterocycles. The second-order valence-electron chi connectivity index (χ2n) is 7.17. The zero-order valence-electron chi connectivity index (χ0n) is 17.5. The van der Waals surface area contributed by atoms with Crippen molar-refractivity contribution >= 4 is 54.8 Å². The molecule has 0 bridgehead atoms. The number of benzene rings is 4. The van der Waals surface area contributed by atoms with Crippen molar-refractivity contribution in [2.75, 3.05) is 6.61 Å². The Morgan fingerprint density at radius 2 is 1.76 bits per heavy atom. The SMILES string of the molecule is O=C(COc1ccc2cc(Br)ccc2c1Br)N/N=C/c1cccc(OCc2ccccc2)c1. The molecule has 0 atom stereocenters. The maximum atomic E-state index is 12.2. The van der Waals surface area contributed by atoms with Crippen LogP contribution in [0, 0.1) is 0 Å². The highest BCUT2D eigenvalue weighted by atomic mass is 79.9. The predicted octanol–water partition coefficient (Wildman–Crippen LogP) is 6.47. The lowest BCUT2D eigenvalue weighted by molar-refractivity contribution is -0.123. The molecule has 4 rings (SSSR count). The number of hydrogen-bond acceptors (Lipinski definition) is 4. The van der Waals surface area contributed by atoms with Gasteiger partial charge in [0.25, 0.3) is 5.91 Å². The summed E-state index contributed by atoms with van der Waals surface area (Å²) in [6.45, 7) is 0.329. The van der Waals surface area contributed by atoms with Crippen LogP contribution in [0.2, 0.25) is 0 Å². The molecule has 4 aromatic carbocycles. The highest BCUT2D eigenvalue weighted by Crippen LogP contribution is 2.34. The Balaban J connectivity index is 1.29. The van der Waals surface area contributed by atoms with Gasteiger partial charge in [0.2, 0.25) is 0 Å². The summed E-state index contributed by atoms with van der Waals surface area (Å²) in [5, 5.41) is 6.08. The van der Waals surface area contributed by atoms with Crippen LogP contribution in [0.1, 0.15) is 11.1 Å². The molecule has 0 aromatic heterocycles. The van der Waals surface area contributed by atoms with Gasteiger partial charge in [0, 0.05) is 4.47 Å². The van der Waals surface area contributed by atoms with Gasteiger partial charge in [-0.3, -0.25) is 4.79 Å². The molecule has 33 heavy (non-hydrogen) atoms. The summed E-state index contributed by atoms with van der Waals surface area (Å²) in [4.78, 5) is 12.2. The van der Waals surface area contributed by atoms with Gasteiger partial charge in [0.15, 0.2) is 6.61 Å². The molecule has 0 saturated carbocycles. The van der Waals surface area contributed by atoms with Crippen LogP contribution in [0.5, 0.6) is 11.5 Å². The third-order valence-electron chi connectivity index (χ3n) is 4.75. The number of rotatable bonds is 8. The normalized spacial score (nSPS) is 11.0. The van der Waals surface area contributed by atoms with E-state index in [1.54, 1.807) is 6.21 Å². The van der Waals surface area contributed by atoms with Gasteiger partial charge in [-0.05, 0) is 68.2 Å². The number of fused-ring (bicyclic) bond motifs is 1. The van der Waals surface area contributed by atoms with E-state index in [1.165, 1.54) is 0 Å². The molecule has 166 valence electrons. The van der Waals surface area contributed by atoms with Gasteiger partial charge in [-0.15, -0.1) is 0 Å². The van der Waals surface area contributed by atoms with Gasteiger partial charge in [0.1, 0.15) is 18.1 Å². The summed E-state index contributed by atoms with van der Waals surface area (Å²) in [5.41, 5.74) is 4.39. The number of carbonyl (C=O) groups is 1. The standard InChI is InChI=1S/C26H20Br2N2O3/c27-21-10-11-23-20(14-21)9-12-24(26(23)28)33-17-25(31)30-29-15-19-7-4-8-22(13-19)32-16-18-5-2-1-3-6-18/h1-15H,16-17H2,(H,30,31)/b29-15+. The summed E-state index contributed by atoms with van der Waals surface area (Å²) < 4.78 is 13.3. The summed E-state index contributed by atoms with van der Waals surface area (Å²) in [6.07, 6.45) is 1.57. The zero-order valence-corrected chi connectivity index (χ0v) is 20.7. The number of hydrazone groups is 1. The zero-order chi connectivity index (χ0) is 23.0. The fourth-order valence-electron chi connectivity index (χ4n) is 3.13. The lowest BCUT2D eigenvalue weighted by atomic mass is 10.1. The van der Waals surface area contributed by atoms with E-state index in [0.29, 0.717) is 12.4 Å². The number of hydrogen-bond donors (Lipinski definition) is 1.